The van der Waals surface area contributed by atoms with Crippen LogP contribution in [0.15, 0.2) is 16.6 Å². The third-order valence-electron chi connectivity index (χ3n) is 2.14. The van der Waals surface area contributed by atoms with Crippen molar-refractivity contribution in [3.8, 4) is 0 Å². The number of halogens is 3. The van der Waals surface area contributed by atoms with Crippen LogP contribution in [0.5, 0.6) is 0 Å². The molecule has 0 heterocycles. The average molecular weight is 263 g/mol. The second-order valence-electron chi connectivity index (χ2n) is 3.31. The molecule has 0 spiro atoms. The molecular weight excluding hydrogens is 250 g/mol. The van der Waals surface area contributed by atoms with Gasteiger partial charge in [-0.25, -0.2) is 8.78 Å². The van der Waals surface area contributed by atoms with Crippen molar-refractivity contribution >= 4 is 15.9 Å². The molecule has 78 valence electrons. The molecule has 1 rings (SSSR count). The molecule has 0 fully saturated rings. The minimum Gasteiger partial charge on any atom is -0.207 e. The van der Waals surface area contributed by atoms with Gasteiger partial charge in [0.05, 0.1) is 4.47 Å². The predicted octanol–water partition coefficient (Wildman–Crippen LogP) is 4.46. The number of rotatable bonds is 4. The van der Waals surface area contributed by atoms with Gasteiger partial charge in [-0.3, -0.25) is 0 Å². The van der Waals surface area contributed by atoms with Crippen molar-refractivity contribution in [2.45, 2.75) is 32.6 Å². The molecule has 0 unspecified atom stereocenters. The van der Waals surface area contributed by atoms with Crippen LogP contribution in [0.25, 0.3) is 0 Å². The van der Waals surface area contributed by atoms with E-state index in [9.17, 15) is 8.78 Å². The molecule has 0 N–H and O–H groups in total. The summed E-state index contributed by atoms with van der Waals surface area (Å²) >= 11 is 2.95. The quantitative estimate of drug-likeness (QED) is 0.555. The lowest BCUT2D eigenvalue weighted by molar-refractivity contribution is 0.573. The van der Waals surface area contributed by atoms with Crippen LogP contribution in [0.1, 0.15) is 31.7 Å². The standard InChI is InChI=1S/C11H13BrF2/c1-2-3-4-5-8-6-11(14)9(12)7-10(8)13/h6-7H,2-5H2,1H3. The highest BCUT2D eigenvalue weighted by Crippen LogP contribution is 2.21. The Hall–Kier alpha value is -0.440. The maximum atomic E-state index is 13.3. The Labute approximate surface area is 91.5 Å². The van der Waals surface area contributed by atoms with Crippen LogP contribution in [-0.2, 0) is 6.42 Å². The Morgan fingerprint density at radius 2 is 1.86 bits per heavy atom. The summed E-state index contributed by atoms with van der Waals surface area (Å²) in [5.41, 5.74) is 0.471. The van der Waals surface area contributed by atoms with E-state index in [0.29, 0.717) is 12.0 Å². The summed E-state index contributed by atoms with van der Waals surface area (Å²) in [6, 6.07) is 2.46. The second-order valence-corrected chi connectivity index (χ2v) is 4.17. The smallest absolute Gasteiger partial charge is 0.137 e. The van der Waals surface area contributed by atoms with E-state index in [1.807, 2.05) is 0 Å². The number of hydrogen-bond donors (Lipinski definition) is 0. The zero-order valence-corrected chi connectivity index (χ0v) is 9.70. The molecule has 0 amide bonds. The third-order valence-corrected chi connectivity index (χ3v) is 2.75. The molecule has 0 saturated heterocycles. The molecular formula is C11H13BrF2. The number of benzene rings is 1. The van der Waals surface area contributed by atoms with Crippen molar-refractivity contribution < 1.29 is 8.78 Å². The molecule has 0 radical (unpaired) electrons. The van der Waals surface area contributed by atoms with E-state index in [0.717, 1.165) is 19.3 Å². The van der Waals surface area contributed by atoms with Crippen LogP contribution in [-0.4, -0.2) is 0 Å². The van der Waals surface area contributed by atoms with E-state index in [4.69, 9.17) is 0 Å². The van der Waals surface area contributed by atoms with Crippen LogP contribution in [0.3, 0.4) is 0 Å². The van der Waals surface area contributed by atoms with Crippen LogP contribution < -0.4 is 0 Å². The molecule has 14 heavy (non-hydrogen) atoms. The lowest BCUT2D eigenvalue weighted by Gasteiger charge is -2.04. The number of aryl methyl sites for hydroxylation is 1. The fourth-order valence-electron chi connectivity index (χ4n) is 1.32. The van der Waals surface area contributed by atoms with E-state index < -0.39 is 5.82 Å². The molecule has 0 nitrogen and oxygen atoms in total. The molecule has 0 aromatic heterocycles. The molecule has 3 heteroatoms. The molecule has 1 aromatic carbocycles. The molecule has 0 aliphatic carbocycles. The molecule has 0 aliphatic heterocycles. The van der Waals surface area contributed by atoms with Gasteiger partial charge in [-0.1, -0.05) is 19.8 Å². The topological polar surface area (TPSA) is 0 Å². The molecule has 0 atom stereocenters. The normalized spacial score (nSPS) is 10.6. The zero-order valence-electron chi connectivity index (χ0n) is 8.12. The van der Waals surface area contributed by atoms with Gasteiger partial charge >= 0.3 is 0 Å². The van der Waals surface area contributed by atoms with Crippen LogP contribution in [0.2, 0.25) is 0 Å². The predicted molar refractivity (Wildman–Crippen MR) is 57.3 cm³/mol. The van der Waals surface area contributed by atoms with Gasteiger partial charge in [0.2, 0.25) is 0 Å². The fourth-order valence-corrected chi connectivity index (χ4v) is 1.64. The number of unbranched alkanes of at least 4 members (excludes halogenated alkanes) is 2. The minimum absolute atomic E-state index is 0.189. The van der Waals surface area contributed by atoms with Gasteiger partial charge < -0.3 is 0 Å². The first-order chi connectivity index (χ1) is 6.65. The first-order valence-corrected chi connectivity index (χ1v) is 5.58. The zero-order chi connectivity index (χ0) is 10.6. The van der Waals surface area contributed by atoms with Crippen LogP contribution >= 0.6 is 15.9 Å². The summed E-state index contributed by atoms with van der Waals surface area (Å²) < 4.78 is 26.5. The van der Waals surface area contributed by atoms with Gasteiger partial charge in [-0.15, -0.1) is 0 Å². The molecule has 0 aliphatic rings. The lowest BCUT2D eigenvalue weighted by atomic mass is 10.1. The van der Waals surface area contributed by atoms with Crippen LogP contribution in [0.4, 0.5) is 8.78 Å². The Kier molecular flexibility index (Phi) is 4.52. The Balaban J connectivity index is 2.72. The monoisotopic (exact) mass is 262 g/mol. The van der Waals surface area contributed by atoms with Gasteiger partial charge in [0.25, 0.3) is 0 Å². The summed E-state index contributed by atoms with van der Waals surface area (Å²) in [4.78, 5) is 0. The van der Waals surface area contributed by atoms with Crippen molar-refractivity contribution in [3.05, 3.63) is 33.8 Å². The Morgan fingerprint density at radius 3 is 2.50 bits per heavy atom. The van der Waals surface area contributed by atoms with E-state index in [2.05, 4.69) is 22.9 Å². The third kappa shape index (κ3) is 3.05. The molecule has 0 saturated carbocycles. The van der Waals surface area contributed by atoms with E-state index in [-0.39, 0.29) is 10.3 Å². The van der Waals surface area contributed by atoms with Gasteiger partial charge in [-0.05, 0) is 46.5 Å². The highest BCUT2D eigenvalue weighted by Gasteiger charge is 2.07. The summed E-state index contributed by atoms with van der Waals surface area (Å²) in [7, 11) is 0. The molecule has 1 aromatic rings. The van der Waals surface area contributed by atoms with Gasteiger partial charge in [0.1, 0.15) is 11.6 Å². The highest BCUT2D eigenvalue weighted by atomic mass is 79.9. The number of hydrogen-bond acceptors (Lipinski definition) is 0. The highest BCUT2D eigenvalue weighted by molar-refractivity contribution is 9.10. The van der Waals surface area contributed by atoms with Crippen LogP contribution in [0, 0.1) is 11.6 Å². The van der Waals surface area contributed by atoms with E-state index in [1.54, 1.807) is 0 Å². The SMILES string of the molecule is CCCCCc1cc(F)c(Br)cc1F. The average Bonchev–Trinajstić information content (AvgIpc) is 2.14. The maximum absolute atomic E-state index is 13.3. The minimum atomic E-state index is -0.391. The first-order valence-electron chi connectivity index (χ1n) is 4.78. The van der Waals surface area contributed by atoms with Gasteiger partial charge in [0, 0.05) is 0 Å². The molecule has 0 bridgehead atoms. The van der Waals surface area contributed by atoms with Crippen molar-refractivity contribution in [2.75, 3.05) is 0 Å². The van der Waals surface area contributed by atoms with E-state index in [1.165, 1.54) is 12.1 Å². The first kappa shape index (κ1) is 11.6. The fraction of sp³-hybridized carbons (Fsp3) is 0.455. The lowest BCUT2D eigenvalue weighted by Crippen LogP contribution is -1.93. The van der Waals surface area contributed by atoms with E-state index >= 15 is 0 Å². The van der Waals surface area contributed by atoms with Crippen molar-refractivity contribution in [3.63, 3.8) is 0 Å². The Bertz CT molecular complexity index is 310. The second kappa shape index (κ2) is 5.44. The summed E-state index contributed by atoms with van der Waals surface area (Å²) in [6.45, 7) is 2.08. The van der Waals surface area contributed by atoms with Gasteiger partial charge in [-0.2, -0.15) is 0 Å². The van der Waals surface area contributed by atoms with Crippen molar-refractivity contribution in [2.24, 2.45) is 0 Å². The summed E-state index contributed by atoms with van der Waals surface area (Å²) in [5.74, 6) is -0.715. The summed E-state index contributed by atoms with van der Waals surface area (Å²) in [6.07, 6.45) is 3.66. The van der Waals surface area contributed by atoms with Crippen molar-refractivity contribution in [1.82, 2.24) is 0 Å². The maximum Gasteiger partial charge on any atom is 0.137 e. The Morgan fingerprint density at radius 1 is 1.14 bits per heavy atom. The van der Waals surface area contributed by atoms with Gasteiger partial charge in [0.15, 0.2) is 0 Å². The van der Waals surface area contributed by atoms with Crippen molar-refractivity contribution in [1.29, 1.82) is 0 Å². The summed E-state index contributed by atoms with van der Waals surface area (Å²) in [5, 5.41) is 0. The largest absolute Gasteiger partial charge is 0.207 e.